The van der Waals surface area contributed by atoms with Crippen molar-refractivity contribution < 1.29 is 9.59 Å². The SMILES string of the molecule is NC(N)=NCCC[C@H](N)C(=O)Nc1ccc(Cl)cc1C(=O)c1ccc[nH]1. The van der Waals surface area contributed by atoms with E-state index in [-0.39, 0.29) is 17.3 Å². The number of aromatic nitrogens is 1. The lowest BCUT2D eigenvalue weighted by Gasteiger charge is -2.14. The van der Waals surface area contributed by atoms with Gasteiger partial charge in [0.15, 0.2) is 5.96 Å². The summed E-state index contributed by atoms with van der Waals surface area (Å²) in [6.07, 6.45) is 2.60. The van der Waals surface area contributed by atoms with E-state index < -0.39 is 11.9 Å². The standard InChI is InChI=1S/C17H21ClN6O2/c18-10-5-6-13(11(9-10)15(25)14-4-2-7-22-14)24-16(26)12(19)3-1-8-23-17(20)21/h2,4-7,9,12,22H,1,3,8,19H2,(H,24,26)(H4,20,21,23)/t12-/m0/s1. The number of halogens is 1. The van der Waals surface area contributed by atoms with Gasteiger partial charge in [0, 0.05) is 23.3 Å². The van der Waals surface area contributed by atoms with Crippen molar-refractivity contribution in [2.45, 2.75) is 18.9 Å². The van der Waals surface area contributed by atoms with Crippen LogP contribution in [0.15, 0.2) is 41.5 Å². The summed E-state index contributed by atoms with van der Waals surface area (Å²) in [4.78, 5) is 31.6. The topological polar surface area (TPSA) is 152 Å². The molecule has 1 amide bonds. The Bertz CT molecular complexity index is 800. The number of benzene rings is 1. The van der Waals surface area contributed by atoms with Crippen LogP contribution in [-0.4, -0.2) is 35.2 Å². The van der Waals surface area contributed by atoms with Gasteiger partial charge in [-0.1, -0.05) is 11.6 Å². The lowest BCUT2D eigenvalue weighted by molar-refractivity contribution is -0.117. The van der Waals surface area contributed by atoms with Crippen molar-refractivity contribution in [1.29, 1.82) is 0 Å². The van der Waals surface area contributed by atoms with Crippen LogP contribution in [-0.2, 0) is 4.79 Å². The molecule has 1 aromatic carbocycles. The molecule has 26 heavy (non-hydrogen) atoms. The minimum atomic E-state index is -0.756. The van der Waals surface area contributed by atoms with Crippen LogP contribution in [0.3, 0.4) is 0 Å². The first-order valence-corrected chi connectivity index (χ1v) is 8.35. The maximum absolute atomic E-state index is 12.6. The van der Waals surface area contributed by atoms with Crippen molar-refractivity contribution >= 4 is 34.9 Å². The number of rotatable bonds is 8. The number of nitrogens with one attached hydrogen (secondary N) is 2. The summed E-state index contributed by atoms with van der Waals surface area (Å²) in [5.74, 6) is -0.691. The molecule has 138 valence electrons. The third kappa shape index (κ3) is 5.33. The van der Waals surface area contributed by atoms with E-state index in [4.69, 9.17) is 28.8 Å². The van der Waals surface area contributed by atoms with Crippen LogP contribution in [0.1, 0.15) is 28.9 Å². The van der Waals surface area contributed by atoms with Gasteiger partial charge in [-0.15, -0.1) is 0 Å². The lowest BCUT2D eigenvalue weighted by atomic mass is 10.1. The van der Waals surface area contributed by atoms with E-state index in [0.29, 0.717) is 35.8 Å². The van der Waals surface area contributed by atoms with E-state index in [2.05, 4.69) is 15.3 Å². The molecular formula is C17H21ClN6O2. The van der Waals surface area contributed by atoms with Gasteiger partial charge in [0.05, 0.1) is 17.4 Å². The van der Waals surface area contributed by atoms with Gasteiger partial charge < -0.3 is 27.5 Å². The average Bonchev–Trinajstić information content (AvgIpc) is 3.13. The predicted molar refractivity (Wildman–Crippen MR) is 102 cm³/mol. The summed E-state index contributed by atoms with van der Waals surface area (Å²) in [6.45, 7) is 0.390. The van der Waals surface area contributed by atoms with Crippen molar-refractivity contribution in [1.82, 2.24) is 4.98 Å². The van der Waals surface area contributed by atoms with E-state index in [1.54, 1.807) is 30.5 Å². The Hall–Kier alpha value is -2.84. The third-order valence-corrected chi connectivity index (χ3v) is 3.87. The Morgan fingerprint density at radius 1 is 1.27 bits per heavy atom. The Labute approximate surface area is 155 Å². The molecule has 9 heteroatoms. The van der Waals surface area contributed by atoms with Crippen LogP contribution in [0.5, 0.6) is 0 Å². The molecule has 2 rings (SSSR count). The molecule has 0 aliphatic carbocycles. The van der Waals surface area contributed by atoms with Crippen molar-refractivity contribution in [2.24, 2.45) is 22.2 Å². The fraction of sp³-hybridized carbons (Fsp3) is 0.235. The van der Waals surface area contributed by atoms with Crippen LogP contribution in [0.4, 0.5) is 5.69 Å². The number of carbonyl (C=O) groups is 2. The third-order valence-electron chi connectivity index (χ3n) is 3.63. The zero-order valence-electron chi connectivity index (χ0n) is 14.0. The zero-order chi connectivity index (χ0) is 19.1. The van der Waals surface area contributed by atoms with E-state index in [0.717, 1.165) is 0 Å². The molecule has 8 nitrogen and oxygen atoms in total. The number of aromatic amines is 1. The molecule has 0 fully saturated rings. The highest BCUT2D eigenvalue weighted by Gasteiger charge is 2.19. The van der Waals surface area contributed by atoms with Crippen LogP contribution in [0.25, 0.3) is 0 Å². The quantitative estimate of drug-likeness (QED) is 0.203. The summed E-state index contributed by atoms with van der Waals surface area (Å²) >= 11 is 6.00. The molecule has 0 saturated heterocycles. The number of nitrogens with two attached hydrogens (primary N) is 3. The summed E-state index contributed by atoms with van der Waals surface area (Å²) in [7, 11) is 0. The van der Waals surface area contributed by atoms with Gasteiger partial charge in [-0.05, 0) is 43.2 Å². The molecule has 0 radical (unpaired) electrons. The Morgan fingerprint density at radius 2 is 2.04 bits per heavy atom. The molecule has 2 aromatic rings. The summed E-state index contributed by atoms with van der Waals surface area (Å²) in [6, 6.07) is 7.26. The molecule has 0 bridgehead atoms. The fourth-order valence-electron chi connectivity index (χ4n) is 2.31. The second-order valence-electron chi connectivity index (χ2n) is 5.65. The summed E-state index contributed by atoms with van der Waals surface area (Å²) in [5, 5.41) is 3.08. The second kappa shape index (κ2) is 9.02. The normalized spacial score (nSPS) is 11.6. The smallest absolute Gasteiger partial charge is 0.241 e. The second-order valence-corrected chi connectivity index (χ2v) is 6.08. The molecular weight excluding hydrogens is 356 g/mol. The van der Waals surface area contributed by atoms with Crippen LogP contribution in [0, 0.1) is 0 Å². The first-order chi connectivity index (χ1) is 12.4. The number of anilines is 1. The molecule has 1 aromatic heterocycles. The first kappa shape index (κ1) is 19.5. The van der Waals surface area contributed by atoms with Gasteiger partial charge in [0.1, 0.15) is 0 Å². The Morgan fingerprint density at radius 3 is 2.69 bits per heavy atom. The highest BCUT2D eigenvalue weighted by molar-refractivity contribution is 6.31. The van der Waals surface area contributed by atoms with Crippen LogP contribution in [0.2, 0.25) is 5.02 Å². The number of carbonyl (C=O) groups excluding carboxylic acids is 2. The van der Waals surface area contributed by atoms with Crippen LogP contribution >= 0.6 is 11.6 Å². The van der Waals surface area contributed by atoms with E-state index in [1.165, 1.54) is 6.07 Å². The van der Waals surface area contributed by atoms with Gasteiger partial charge in [-0.3, -0.25) is 14.6 Å². The molecule has 1 heterocycles. The minimum absolute atomic E-state index is 0.00309. The van der Waals surface area contributed by atoms with Crippen LogP contribution < -0.4 is 22.5 Å². The summed E-state index contributed by atoms with van der Waals surface area (Å²) in [5.41, 5.74) is 17.4. The van der Waals surface area contributed by atoms with Gasteiger partial charge in [-0.2, -0.15) is 0 Å². The maximum Gasteiger partial charge on any atom is 0.241 e. The van der Waals surface area contributed by atoms with Crippen molar-refractivity contribution in [2.75, 3.05) is 11.9 Å². The highest BCUT2D eigenvalue weighted by atomic mass is 35.5. The highest BCUT2D eigenvalue weighted by Crippen LogP contribution is 2.23. The molecule has 0 aliphatic heterocycles. The predicted octanol–water partition coefficient (Wildman–Crippen LogP) is 1.22. The van der Waals surface area contributed by atoms with E-state index in [1.807, 2.05) is 0 Å². The van der Waals surface area contributed by atoms with Crippen molar-refractivity contribution in [3.8, 4) is 0 Å². The van der Waals surface area contributed by atoms with Gasteiger partial charge in [0.25, 0.3) is 0 Å². The summed E-state index contributed by atoms with van der Waals surface area (Å²) < 4.78 is 0. The largest absolute Gasteiger partial charge is 0.370 e. The molecule has 0 saturated carbocycles. The number of hydrogen-bond donors (Lipinski definition) is 5. The number of hydrogen-bond acceptors (Lipinski definition) is 4. The molecule has 1 atom stereocenters. The number of ketones is 1. The fourth-order valence-corrected chi connectivity index (χ4v) is 2.48. The van der Waals surface area contributed by atoms with Crippen molar-refractivity contribution in [3.05, 3.63) is 52.8 Å². The van der Waals surface area contributed by atoms with Crippen molar-refractivity contribution in [3.63, 3.8) is 0 Å². The zero-order valence-corrected chi connectivity index (χ0v) is 14.8. The van der Waals surface area contributed by atoms with E-state index in [9.17, 15) is 9.59 Å². The molecule has 8 N–H and O–H groups in total. The maximum atomic E-state index is 12.6. The molecule has 0 aliphatic rings. The average molecular weight is 377 g/mol. The number of H-pyrrole nitrogens is 1. The Balaban J connectivity index is 2.07. The lowest BCUT2D eigenvalue weighted by Crippen LogP contribution is -2.36. The number of nitrogens with zero attached hydrogens (tertiary/aromatic N) is 1. The van der Waals surface area contributed by atoms with Gasteiger partial charge in [0.2, 0.25) is 11.7 Å². The number of aliphatic imine (C=N–C) groups is 1. The first-order valence-electron chi connectivity index (χ1n) is 7.98. The Kier molecular flexibility index (Phi) is 6.76. The number of amides is 1. The molecule has 0 unspecified atom stereocenters. The molecule has 0 spiro atoms. The monoisotopic (exact) mass is 376 g/mol. The number of guanidine groups is 1. The minimum Gasteiger partial charge on any atom is -0.370 e. The van der Waals surface area contributed by atoms with E-state index >= 15 is 0 Å². The van der Waals surface area contributed by atoms with Gasteiger partial charge >= 0.3 is 0 Å². The van der Waals surface area contributed by atoms with Gasteiger partial charge in [-0.25, -0.2) is 0 Å².